The molecule has 7 nitrogen and oxygen atoms in total. The average molecular weight is 487 g/mol. The van der Waals surface area contributed by atoms with Gasteiger partial charge >= 0.3 is 0 Å². The van der Waals surface area contributed by atoms with E-state index < -0.39 is 5.91 Å². The number of methoxy groups -OCH3 is 1. The van der Waals surface area contributed by atoms with Gasteiger partial charge in [-0.3, -0.25) is 10.1 Å². The molecule has 2 aromatic carbocycles. The molecule has 0 atom stereocenters. The Balaban J connectivity index is 1.79. The van der Waals surface area contributed by atoms with Crippen LogP contribution in [0.5, 0.6) is 11.5 Å². The minimum atomic E-state index is -0.615. The third-order valence-electron chi connectivity index (χ3n) is 4.38. The molecule has 1 aromatic heterocycles. The van der Waals surface area contributed by atoms with Crippen molar-refractivity contribution in [3.63, 3.8) is 0 Å². The number of carbonyl (C=O) groups is 1. The van der Waals surface area contributed by atoms with Gasteiger partial charge in [0.2, 0.25) is 5.13 Å². The van der Waals surface area contributed by atoms with E-state index in [1.165, 1.54) is 36.7 Å². The van der Waals surface area contributed by atoms with Crippen molar-refractivity contribution in [1.29, 1.82) is 5.26 Å². The van der Waals surface area contributed by atoms with Gasteiger partial charge in [-0.05, 0) is 41.5 Å². The lowest BCUT2D eigenvalue weighted by molar-refractivity contribution is -0.112. The summed E-state index contributed by atoms with van der Waals surface area (Å²) in [6.45, 7) is 4.09. The zero-order valence-corrected chi connectivity index (χ0v) is 19.6. The highest BCUT2D eigenvalue weighted by atomic mass is 35.5. The largest absolute Gasteiger partial charge is 0.493 e. The Hall–Kier alpha value is -3.48. The lowest BCUT2D eigenvalue weighted by atomic mass is 10.1. The van der Waals surface area contributed by atoms with Crippen LogP contribution in [0.1, 0.15) is 35.9 Å². The molecule has 0 bridgehead atoms. The number of hydrogen-bond donors (Lipinski definition) is 1. The van der Waals surface area contributed by atoms with Gasteiger partial charge in [-0.15, -0.1) is 10.2 Å². The predicted molar refractivity (Wildman–Crippen MR) is 125 cm³/mol. The Bertz CT molecular complexity index is 1220. The summed E-state index contributed by atoms with van der Waals surface area (Å²) in [7, 11) is 1.45. The number of amides is 1. The summed E-state index contributed by atoms with van der Waals surface area (Å²) in [5.74, 6) is -0.166. The number of aromatic nitrogens is 2. The summed E-state index contributed by atoms with van der Waals surface area (Å²) < 4.78 is 24.2. The smallest absolute Gasteiger partial charge is 0.268 e. The highest BCUT2D eigenvalue weighted by Crippen LogP contribution is 2.37. The Morgan fingerprint density at radius 3 is 2.64 bits per heavy atom. The number of rotatable bonds is 8. The molecular weight excluding hydrogens is 467 g/mol. The third-order valence-corrected chi connectivity index (χ3v) is 5.80. The highest BCUT2D eigenvalue weighted by molar-refractivity contribution is 7.15. The summed E-state index contributed by atoms with van der Waals surface area (Å²) >= 11 is 7.63. The summed E-state index contributed by atoms with van der Waals surface area (Å²) in [6.07, 6.45) is 1.39. The van der Waals surface area contributed by atoms with Gasteiger partial charge in [-0.1, -0.05) is 48.9 Å². The number of carbonyl (C=O) groups excluding carboxylic acids is 1. The molecule has 10 heteroatoms. The molecule has 3 rings (SSSR count). The van der Waals surface area contributed by atoms with Crippen LogP contribution < -0.4 is 14.8 Å². The molecular formula is C23H20ClFN4O3S. The van der Waals surface area contributed by atoms with Crippen molar-refractivity contribution in [2.24, 2.45) is 0 Å². The van der Waals surface area contributed by atoms with E-state index in [2.05, 4.69) is 15.5 Å². The van der Waals surface area contributed by atoms with E-state index in [0.29, 0.717) is 22.2 Å². The Morgan fingerprint density at radius 2 is 2.03 bits per heavy atom. The molecule has 0 aliphatic heterocycles. The lowest BCUT2D eigenvalue weighted by Crippen LogP contribution is -2.13. The molecule has 170 valence electrons. The second kappa shape index (κ2) is 10.9. The van der Waals surface area contributed by atoms with Crippen LogP contribution in [0.4, 0.5) is 9.52 Å². The van der Waals surface area contributed by atoms with Crippen LogP contribution in [0.15, 0.2) is 42.0 Å². The van der Waals surface area contributed by atoms with Crippen LogP contribution in [0, 0.1) is 17.1 Å². The molecule has 0 aliphatic carbocycles. The number of nitriles is 1. The minimum absolute atomic E-state index is 0.144. The number of ether oxygens (including phenoxy) is 2. The summed E-state index contributed by atoms with van der Waals surface area (Å²) in [4.78, 5) is 12.5. The van der Waals surface area contributed by atoms with Crippen molar-refractivity contribution in [2.75, 3.05) is 12.4 Å². The van der Waals surface area contributed by atoms with E-state index in [-0.39, 0.29) is 28.9 Å². The maximum absolute atomic E-state index is 13.1. The number of halogens is 2. The van der Waals surface area contributed by atoms with Gasteiger partial charge in [-0.2, -0.15) is 5.26 Å². The van der Waals surface area contributed by atoms with Gasteiger partial charge in [-0.25, -0.2) is 4.39 Å². The number of nitrogens with zero attached hydrogens (tertiary/aromatic N) is 3. The van der Waals surface area contributed by atoms with Crippen molar-refractivity contribution in [3.8, 4) is 17.6 Å². The van der Waals surface area contributed by atoms with Crippen LogP contribution >= 0.6 is 22.9 Å². The van der Waals surface area contributed by atoms with E-state index in [1.54, 1.807) is 24.3 Å². The van der Waals surface area contributed by atoms with Crippen molar-refractivity contribution < 1.29 is 18.7 Å². The molecule has 0 aliphatic rings. The molecule has 0 unspecified atom stereocenters. The van der Waals surface area contributed by atoms with Crippen LogP contribution in [0.25, 0.3) is 6.08 Å². The quantitative estimate of drug-likeness (QED) is 0.329. The van der Waals surface area contributed by atoms with E-state index in [0.717, 1.165) is 10.6 Å². The standard InChI is InChI=1S/C23H20ClFN4O3S/c1-13(2)22-28-29-23(33-22)27-21(30)16(11-26)8-15-9-18(24)20(19(10-15)31-3)32-12-14-4-6-17(25)7-5-14/h4-10,13H,12H2,1-3H3,(H,27,29,30)/b16-8-. The van der Waals surface area contributed by atoms with Crippen molar-refractivity contribution in [3.05, 3.63) is 68.9 Å². The molecule has 3 aromatic rings. The second-order valence-electron chi connectivity index (χ2n) is 7.17. The van der Waals surface area contributed by atoms with Crippen molar-refractivity contribution >= 4 is 40.1 Å². The van der Waals surface area contributed by atoms with Gasteiger partial charge in [0.1, 0.15) is 29.1 Å². The Morgan fingerprint density at radius 1 is 1.30 bits per heavy atom. The van der Waals surface area contributed by atoms with Gasteiger partial charge in [0, 0.05) is 5.92 Å². The van der Waals surface area contributed by atoms with E-state index in [9.17, 15) is 14.4 Å². The second-order valence-corrected chi connectivity index (χ2v) is 8.59. The minimum Gasteiger partial charge on any atom is -0.493 e. The molecule has 1 amide bonds. The van der Waals surface area contributed by atoms with Crippen LogP contribution in [0.2, 0.25) is 5.02 Å². The predicted octanol–water partition coefficient (Wildman–Crippen LogP) is 5.59. The molecule has 0 radical (unpaired) electrons. The normalized spacial score (nSPS) is 11.2. The van der Waals surface area contributed by atoms with Gasteiger partial charge in [0.05, 0.1) is 12.1 Å². The monoisotopic (exact) mass is 486 g/mol. The van der Waals surface area contributed by atoms with Crippen molar-refractivity contribution in [1.82, 2.24) is 10.2 Å². The molecule has 33 heavy (non-hydrogen) atoms. The fourth-order valence-electron chi connectivity index (χ4n) is 2.70. The number of hydrogen-bond acceptors (Lipinski definition) is 7. The Kier molecular flexibility index (Phi) is 7.98. The summed E-state index contributed by atoms with van der Waals surface area (Å²) in [5.41, 5.74) is 1.08. The van der Waals surface area contributed by atoms with Crippen LogP contribution in [-0.2, 0) is 11.4 Å². The van der Waals surface area contributed by atoms with Crippen LogP contribution in [0.3, 0.4) is 0 Å². The van der Waals surface area contributed by atoms with Gasteiger partial charge in [0.25, 0.3) is 5.91 Å². The first-order chi connectivity index (χ1) is 15.8. The topological polar surface area (TPSA) is 97.1 Å². The van der Waals surface area contributed by atoms with E-state index >= 15 is 0 Å². The van der Waals surface area contributed by atoms with Crippen LogP contribution in [-0.4, -0.2) is 23.2 Å². The fourth-order valence-corrected chi connectivity index (χ4v) is 3.71. The fraction of sp³-hybridized carbons (Fsp3) is 0.217. The number of benzene rings is 2. The SMILES string of the molecule is COc1cc(/C=C(/C#N)C(=O)Nc2nnc(C(C)C)s2)cc(Cl)c1OCc1ccc(F)cc1. The summed E-state index contributed by atoms with van der Waals surface area (Å²) in [6, 6.07) is 10.9. The molecule has 1 heterocycles. The Labute approximate surface area is 199 Å². The zero-order valence-electron chi connectivity index (χ0n) is 18.1. The maximum atomic E-state index is 13.1. The highest BCUT2D eigenvalue weighted by Gasteiger charge is 2.16. The maximum Gasteiger partial charge on any atom is 0.268 e. The zero-order chi connectivity index (χ0) is 24.0. The lowest BCUT2D eigenvalue weighted by Gasteiger charge is -2.13. The van der Waals surface area contributed by atoms with E-state index in [4.69, 9.17) is 21.1 Å². The van der Waals surface area contributed by atoms with Crippen molar-refractivity contribution in [2.45, 2.75) is 26.4 Å². The first-order valence-corrected chi connectivity index (χ1v) is 11.0. The van der Waals surface area contributed by atoms with E-state index in [1.807, 2.05) is 19.9 Å². The third kappa shape index (κ3) is 6.28. The summed E-state index contributed by atoms with van der Waals surface area (Å²) in [5, 5.41) is 21.3. The number of anilines is 1. The molecule has 0 spiro atoms. The molecule has 0 fully saturated rings. The first-order valence-electron chi connectivity index (χ1n) is 9.82. The average Bonchev–Trinajstić information content (AvgIpc) is 3.26. The first kappa shape index (κ1) is 24.2. The molecule has 1 N–H and O–H groups in total. The van der Waals surface area contributed by atoms with Gasteiger partial charge < -0.3 is 9.47 Å². The molecule has 0 saturated heterocycles. The number of nitrogens with one attached hydrogen (secondary N) is 1. The molecule has 0 saturated carbocycles. The van der Waals surface area contributed by atoms with Gasteiger partial charge in [0.15, 0.2) is 11.5 Å².